The summed E-state index contributed by atoms with van der Waals surface area (Å²) < 4.78 is 5.56. The molecule has 7 nitrogen and oxygen atoms in total. The van der Waals surface area contributed by atoms with Gasteiger partial charge in [0.05, 0.1) is 24.5 Å². The Morgan fingerprint density at radius 3 is 2.58 bits per heavy atom. The topological polar surface area (TPSA) is 78.6 Å². The van der Waals surface area contributed by atoms with Crippen LogP contribution in [0.15, 0.2) is 14.8 Å². The summed E-state index contributed by atoms with van der Waals surface area (Å²) in [5, 5.41) is 9.45. The monoisotopic (exact) mass is 464 g/mol. The molecule has 0 fully saturated rings. The number of nitrogens with one attached hydrogen (secondary N) is 2. The average molecular weight is 464 g/mol. The van der Waals surface area contributed by atoms with Crippen molar-refractivity contribution in [3.05, 3.63) is 28.4 Å². The van der Waals surface area contributed by atoms with E-state index in [4.69, 9.17) is 4.42 Å². The van der Waals surface area contributed by atoms with Crippen LogP contribution in [-0.2, 0) is 13.1 Å². The Kier molecular flexibility index (Phi) is 8.46. The normalized spacial score (nSPS) is 11.1. The van der Waals surface area contributed by atoms with Crippen molar-refractivity contribution >= 4 is 46.4 Å². The largest absolute Gasteiger partial charge is 0.444 e. The number of rotatable bonds is 6. The van der Waals surface area contributed by atoms with Crippen LogP contribution in [0.5, 0.6) is 0 Å². The van der Waals surface area contributed by atoms with Gasteiger partial charge in [0.15, 0.2) is 11.1 Å². The number of aromatic nitrogens is 2. The molecular weight excluding hydrogens is 439 g/mol. The lowest BCUT2D eigenvalue weighted by Gasteiger charge is -2.09. The van der Waals surface area contributed by atoms with Crippen molar-refractivity contribution in [3.8, 4) is 0 Å². The lowest BCUT2D eigenvalue weighted by atomic mass is 10.4. The fraction of sp³-hybridized carbons (Fsp3) is 0.533. The van der Waals surface area contributed by atoms with Crippen molar-refractivity contribution in [2.24, 2.45) is 4.99 Å². The molecule has 2 aromatic rings. The predicted molar refractivity (Wildman–Crippen MR) is 109 cm³/mol. The highest BCUT2D eigenvalue weighted by atomic mass is 127. The van der Waals surface area contributed by atoms with Gasteiger partial charge in [-0.2, -0.15) is 0 Å². The number of halogens is 1. The van der Waals surface area contributed by atoms with Crippen molar-refractivity contribution in [1.29, 1.82) is 0 Å². The summed E-state index contributed by atoms with van der Waals surface area (Å²) in [4.78, 5) is 15.4. The SMILES string of the molecule is CCNC(=NCc1csc(N(C)C)n1)NCc1nc(C)c(C)o1.I. The highest BCUT2D eigenvalue weighted by molar-refractivity contribution is 14.0. The molecule has 0 saturated carbocycles. The Balaban J connectivity index is 0.00000288. The minimum absolute atomic E-state index is 0. The molecular formula is C15H25IN6OS. The van der Waals surface area contributed by atoms with Gasteiger partial charge in [0, 0.05) is 26.0 Å². The highest BCUT2D eigenvalue weighted by Gasteiger charge is 2.07. The quantitative estimate of drug-likeness (QED) is 0.389. The maximum absolute atomic E-state index is 5.56. The van der Waals surface area contributed by atoms with Crippen molar-refractivity contribution in [1.82, 2.24) is 20.6 Å². The maximum atomic E-state index is 5.56. The lowest BCUT2D eigenvalue weighted by molar-refractivity contribution is 0.463. The Morgan fingerprint density at radius 2 is 2.04 bits per heavy atom. The van der Waals surface area contributed by atoms with Crippen LogP contribution in [0.3, 0.4) is 0 Å². The molecule has 0 aliphatic carbocycles. The van der Waals surface area contributed by atoms with E-state index < -0.39 is 0 Å². The zero-order chi connectivity index (χ0) is 16.8. The fourth-order valence-corrected chi connectivity index (χ4v) is 2.60. The molecule has 0 aromatic carbocycles. The van der Waals surface area contributed by atoms with E-state index in [1.807, 2.05) is 45.1 Å². The molecule has 2 rings (SSSR count). The summed E-state index contributed by atoms with van der Waals surface area (Å²) in [6.45, 7) is 7.70. The Labute approximate surface area is 164 Å². The van der Waals surface area contributed by atoms with E-state index in [-0.39, 0.29) is 24.0 Å². The van der Waals surface area contributed by atoms with E-state index in [1.54, 1.807) is 11.3 Å². The Hall–Kier alpha value is -1.36. The van der Waals surface area contributed by atoms with Gasteiger partial charge >= 0.3 is 0 Å². The zero-order valence-corrected chi connectivity index (χ0v) is 17.9. The van der Waals surface area contributed by atoms with E-state index in [9.17, 15) is 0 Å². The fourth-order valence-electron chi connectivity index (χ4n) is 1.85. The number of oxazole rings is 1. The molecule has 0 aliphatic heterocycles. The second-order valence-corrected chi connectivity index (χ2v) is 6.15. The van der Waals surface area contributed by atoms with Gasteiger partial charge in [0.2, 0.25) is 5.89 Å². The van der Waals surface area contributed by atoms with Crippen LogP contribution in [0.25, 0.3) is 0 Å². The van der Waals surface area contributed by atoms with Crippen LogP contribution in [-0.4, -0.2) is 36.6 Å². The predicted octanol–water partition coefficient (Wildman–Crippen LogP) is 2.69. The number of thiazole rings is 1. The standard InChI is InChI=1S/C15H24N6OS.HI/c1-6-16-14(18-8-13-19-10(2)11(3)22-13)17-7-12-9-23-15(20-12)21(4)5;/h9H,6-8H2,1-5H3,(H2,16,17,18);1H. The molecule has 0 unspecified atom stereocenters. The van der Waals surface area contributed by atoms with Gasteiger partial charge in [-0.1, -0.05) is 0 Å². The maximum Gasteiger partial charge on any atom is 0.214 e. The molecule has 9 heteroatoms. The molecule has 0 saturated heterocycles. The number of hydrogen-bond acceptors (Lipinski definition) is 6. The lowest BCUT2D eigenvalue weighted by Crippen LogP contribution is -2.36. The summed E-state index contributed by atoms with van der Waals surface area (Å²) >= 11 is 1.62. The molecule has 0 aliphatic rings. The Bertz CT molecular complexity index is 647. The van der Waals surface area contributed by atoms with Crippen molar-refractivity contribution < 1.29 is 4.42 Å². The summed E-state index contributed by atoms with van der Waals surface area (Å²) in [6.07, 6.45) is 0. The molecule has 2 N–H and O–H groups in total. The van der Waals surface area contributed by atoms with Crippen LogP contribution < -0.4 is 15.5 Å². The van der Waals surface area contributed by atoms with E-state index in [1.165, 1.54) is 0 Å². The molecule has 134 valence electrons. The van der Waals surface area contributed by atoms with E-state index >= 15 is 0 Å². The number of guanidine groups is 1. The van der Waals surface area contributed by atoms with Gasteiger partial charge in [0.1, 0.15) is 5.76 Å². The first-order valence-corrected chi connectivity index (χ1v) is 8.44. The number of aliphatic imine (C=N–C) groups is 1. The van der Waals surface area contributed by atoms with Gasteiger partial charge in [0.25, 0.3) is 0 Å². The van der Waals surface area contributed by atoms with Crippen molar-refractivity contribution in [2.45, 2.75) is 33.9 Å². The van der Waals surface area contributed by atoms with Crippen LogP contribution in [0.4, 0.5) is 5.13 Å². The van der Waals surface area contributed by atoms with E-state index in [0.29, 0.717) is 19.0 Å². The van der Waals surface area contributed by atoms with Crippen LogP contribution >= 0.6 is 35.3 Å². The average Bonchev–Trinajstić information content (AvgIpc) is 3.10. The smallest absolute Gasteiger partial charge is 0.214 e. The van der Waals surface area contributed by atoms with Gasteiger partial charge in [-0.15, -0.1) is 35.3 Å². The van der Waals surface area contributed by atoms with Gasteiger partial charge in [-0.3, -0.25) is 0 Å². The third-order valence-electron chi connectivity index (χ3n) is 3.15. The first-order chi connectivity index (χ1) is 11.0. The van der Waals surface area contributed by atoms with E-state index in [2.05, 4.69) is 25.6 Å². The van der Waals surface area contributed by atoms with Crippen LogP contribution in [0.2, 0.25) is 0 Å². The van der Waals surface area contributed by atoms with E-state index in [0.717, 1.165) is 34.8 Å². The summed E-state index contributed by atoms with van der Waals surface area (Å²) in [5.41, 5.74) is 1.88. The minimum Gasteiger partial charge on any atom is -0.444 e. The second kappa shape index (κ2) is 9.82. The third-order valence-corrected chi connectivity index (χ3v) is 4.20. The number of anilines is 1. The van der Waals surface area contributed by atoms with Gasteiger partial charge in [-0.05, 0) is 20.8 Å². The summed E-state index contributed by atoms with van der Waals surface area (Å²) in [7, 11) is 3.97. The molecule has 2 aromatic heterocycles. The van der Waals surface area contributed by atoms with Gasteiger partial charge < -0.3 is 20.0 Å². The summed E-state index contributed by atoms with van der Waals surface area (Å²) in [6, 6.07) is 0. The third kappa shape index (κ3) is 5.93. The second-order valence-electron chi connectivity index (χ2n) is 5.31. The Morgan fingerprint density at radius 1 is 1.29 bits per heavy atom. The first-order valence-electron chi connectivity index (χ1n) is 7.56. The van der Waals surface area contributed by atoms with Crippen molar-refractivity contribution in [2.75, 3.05) is 25.5 Å². The molecule has 0 radical (unpaired) electrons. The van der Waals surface area contributed by atoms with Crippen molar-refractivity contribution in [3.63, 3.8) is 0 Å². The highest BCUT2D eigenvalue weighted by Crippen LogP contribution is 2.18. The number of nitrogens with zero attached hydrogens (tertiary/aromatic N) is 4. The minimum atomic E-state index is 0. The molecule has 0 bridgehead atoms. The zero-order valence-electron chi connectivity index (χ0n) is 14.7. The molecule has 0 atom stereocenters. The molecule has 0 amide bonds. The summed E-state index contributed by atoms with van der Waals surface area (Å²) in [5.74, 6) is 2.23. The number of hydrogen-bond donors (Lipinski definition) is 2. The van der Waals surface area contributed by atoms with Crippen LogP contribution in [0, 0.1) is 13.8 Å². The molecule has 0 spiro atoms. The molecule has 24 heavy (non-hydrogen) atoms. The first kappa shape index (κ1) is 20.7. The van der Waals surface area contributed by atoms with Gasteiger partial charge in [-0.25, -0.2) is 15.0 Å². The van der Waals surface area contributed by atoms with Crippen LogP contribution in [0.1, 0.15) is 30.0 Å². The number of aryl methyl sites for hydroxylation is 2. The molecule has 2 heterocycles.